The lowest BCUT2D eigenvalue weighted by Gasteiger charge is -2.31. The Morgan fingerprint density at radius 1 is 1.21 bits per heavy atom. The van der Waals surface area contributed by atoms with Gasteiger partial charge in [-0.15, -0.1) is 0 Å². The van der Waals surface area contributed by atoms with Crippen molar-refractivity contribution in [1.29, 1.82) is 0 Å². The number of aryl methyl sites for hydroxylation is 1. The molecular weight excluding hydrogens is 304 g/mol. The van der Waals surface area contributed by atoms with Crippen molar-refractivity contribution in [2.24, 2.45) is 5.73 Å². The second-order valence-corrected chi connectivity index (χ2v) is 6.10. The van der Waals surface area contributed by atoms with Crippen LogP contribution in [0.2, 0.25) is 0 Å². The fraction of sp³-hybridized carbons (Fsp3) is 0.412. The van der Waals surface area contributed by atoms with Crippen LogP contribution < -0.4 is 11.1 Å². The summed E-state index contributed by atoms with van der Waals surface area (Å²) in [5.74, 6) is 1.59. The number of pyridine rings is 1. The number of aromatic nitrogens is 3. The largest absolute Gasteiger partial charge is 0.369 e. The number of anilines is 2. The van der Waals surface area contributed by atoms with E-state index in [0.717, 1.165) is 48.8 Å². The molecule has 0 spiro atoms. The minimum atomic E-state index is -0.277. The second-order valence-electron chi connectivity index (χ2n) is 6.10. The molecule has 3 rings (SSSR count). The number of carbonyl (C=O) groups is 1. The lowest BCUT2D eigenvalue weighted by Crippen LogP contribution is -2.39. The number of amides is 1. The average Bonchev–Trinajstić information content (AvgIpc) is 2.58. The predicted molar refractivity (Wildman–Crippen MR) is 91.9 cm³/mol. The van der Waals surface area contributed by atoms with Gasteiger partial charge in [-0.3, -0.25) is 14.7 Å². The number of nitrogens with two attached hydrogens (primary N) is 1. The minimum absolute atomic E-state index is 0.277. The van der Waals surface area contributed by atoms with Crippen LogP contribution >= 0.6 is 0 Å². The molecule has 1 saturated heterocycles. The molecule has 3 heterocycles. The number of nitrogens with one attached hydrogen (secondary N) is 1. The first-order valence-electron chi connectivity index (χ1n) is 8.13. The van der Waals surface area contributed by atoms with Crippen molar-refractivity contribution < 1.29 is 4.79 Å². The van der Waals surface area contributed by atoms with Crippen molar-refractivity contribution >= 4 is 17.5 Å². The molecule has 1 aliphatic rings. The highest BCUT2D eigenvalue weighted by atomic mass is 16.1. The van der Waals surface area contributed by atoms with Crippen molar-refractivity contribution in [3.05, 3.63) is 42.0 Å². The van der Waals surface area contributed by atoms with Gasteiger partial charge in [0.05, 0.1) is 12.2 Å². The van der Waals surface area contributed by atoms with Crippen LogP contribution in [0.15, 0.2) is 30.7 Å². The maximum atomic E-state index is 11.0. The molecule has 1 fully saturated rings. The summed E-state index contributed by atoms with van der Waals surface area (Å²) in [6.45, 7) is 4.01. The van der Waals surface area contributed by atoms with Gasteiger partial charge >= 0.3 is 0 Å². The van der Waals surface area contributed by atoms with Crippen LogP contribution in [0.3, 0.4) is 0 Å². The van der Waals surface area contributed by atoms with Gasteiger partial charge in [-0.25, -0.2) is 9.97 Å². The Labute approximate surface area is 141 Å². The first kappa shape index (κ1) is 16.3. The fourth-order valence-electron chi connectivity index (χ4n) is 3.06. The van der Waals surface area contributed by atoms with Gasteiger partial charge < -0.3 is 11.1 Å². The highest BCUT2D eigenvalue weighted by Gasteiger charge is 2.25. The van der Waals surface area contributed by atoms with E-state index in [1.165, 1.54) is 0 Å². The quantitative estimate of drug-likeness (QED) is 0.866. The number of carbonyl (C=O) groups excluding carboxylic acids is 1. The second kappa shape index (κ2) is 7.35. The maximum Gasteiger partial charge on any atom is 0.231 e. The molecule has 7 heteroatoms. The molecule has 2 aromatic heterocycles. The Bertz CT molecular complexity index is 712. The Kier molecular flexibility index (Phi) is 5.00. The highest BCUT2D eigenvalue weighted by molar-refractivity contribution is 5.75. The van der Waals surface area contributed by atoms with Gasteiger partial charge in [0.1, 0.15) is 5.82 Å². The van der Waals surface area contributed by atoms with E-state index in [2.05, 4.69) is 25.2 Å². The molecule has 0 aromatic carbocycles. The van der Waals surface area contributed by atoms with E-state index in [1.54, 1.807) is 18.6 Å². The van der Waals surface area contributed by atoms with Crippen molar-refractivity contribution in [2.45, 2.75) is 25.7 Å². The number of rotatable bonds is 5. The van der Waals surface area contributed by atoms with Crippen LogP contribution in [0.5, 0.6) is 0 Å². The Hall–Kier alpha value is -2.54. The van der Waals surface area contributed by atoms with Gasteiger partial charge in [0, 0.05) is 24.5 Å². The van der Waals surface area contributed by atoms with Gasteiger partial charge in [0.2, 0.25) is 5.91 Å². The third kappa shape index (κ3) is 3.86. The number of hydrogen-bond acceptors (Lipinski definition) is 6. The number of hydrogen-bond donors (Lipinski definition) is 2. The smallest absolute Gasteiger partial charge is 0.231 e. The number of piperidine rings is 1. The summed E-state index contributed by atoms with van der Waals surface area (Å²) in [6.07, 6.45) is 7.03. The molecule has 0 radical (unpaired) electrons. The highest BCUT2D eigenvalue weighted by Crippen LogP contribution is 2.31. The molecule has 7 nitrogen and oxygen atoms in total. The van der Waals surface area contributed by atoms with Gasteiger partial charge in [-0.05, 0) is 44.5 Å². The van der Waals surface area contributed by atoms with Crippen molar-refractivity contribution in [3.8, 4) is 0 Å². The van der Waals surface area contributed by atoms with Gasteiger partial charge in [0.15, 0.2) is 5.82 Å². The molecule has 0 unspecified atom stereocenters. The zero-order chi connectivity index (χ0) is 16.9. The van der Waals surface area contributed by atoms with Crippen LogP contribution in [0.25, 0.3) is 0 Å². The maximum absolute atomic E-state index is 11.0. The molecule has 126 valence electrons. The van der Waals surface area contributed by atoms with E-state index in [-0.39, 0.29) is 5.91 Å². The van der Waals surface area contributed by atoms with Crippen molar-refractivity contribution in [1.82, 2.24) is 19.9 Å². The standard InChI is InChI=1S/C17H22N6O/c1-12-3-2-6-20-16(12)22-17-15(19-7-8-21-17)13-4-9-23(10-5-13)11-14(18)24/h2-3,6-8,13H,4-5,9-11H2,1H3,(H2,18,24)(H,20,21,22). The van der Waals surface area contributed by atoms with E-state index in [4.69, 9.17) is 5.73 Å². The molecule has 0 aliphatic carbocycles. The summed E-state index contributed by atoms with van der Waals surface area (Å²) in [5.41, 5.74) is 7.29. The Balaban J connectivity index is 1.73. The lowest BCUT2D eigenvalue weighted by molar-refractivity contribution is -0.119. The van der Waals surface area contributed by atoms with E-state index in [1.807, 2.05) is 19.1 Å². The molecule has 1 aliphatic heterocycles. The number of primary amides is 1. The van der Waals surface area contributed by atoms with Crippen LogP contribution in [0.1, 0.15) is 30.0 Å². The topological polar surface area (TPSA) is 97.0 Å². The fourth-order valence-corrected chi connectivity index (χ4v) is 3.06. The van der Waals surface area contributed by atoms with Gasteiger partial charge in [-0.1, -0.05) is 6.07 Å². The first-order valence-corrected chi connectivity index (χ1v) is 8.13. The minimum Gasteiger partial charge on any atom is -0.369 e. The third-order valence-electron chi connectivity index (χ3n) is 4.33. The molecule has 3 N–H and O–H groups in total. The average molecular weight is 326 g/mol. The normalized spacial score (nSPS) is 16.0. The molecular formula is C17H22N6O. The SMILES string of the molecule is Cc1cccnc1Nc1nccnc1C1CCN(CC(N)=O)CC1. The van der Waals surface area contributed by atoms with Crippen molar-refractivity contribution in [2.75, 3.05) is 25.0 Å². The lowest BCUT2D eigenvalue weighted by atomic mass is 9.93. The molecule has 2 aromatic rings. The van der Waals surface area contributed by atoms with Crippen LogP contribution in [-0.2, 0) is 4.79 Å². The summed E-state index contributed by atoms with van der Waals surface area (Å²) in [7, 11) is 0. The van der Waals surface area contributed by atoms with Gasteiger partial charge in [-0.2, -0.15) is 0 Å². The third-order valence-corrected chi connectivity index (χ3v) is 4.33. The monoisotopic (exact) mass is 326 g/mol. The summed E-state index contributed by atoms with van der Waals surface area (Å²) in [4.78, 5) is 26.5. The summed E-state index contributed by atoms with van der Waals surface area (Å²) in [6, 6.07) is 3.92. The molecule has 24 heavy (non-hydrogen) atoms. The number of nitrogens with zero attached hydrogens (tertiary/aromatic N) is 4. The Morgan fingerprint density at radius 3 is 2.62 bits per heavy atom. The Morgan fingerprint density at radius 2 is 1.92 bits per heavy atom. The number of likely N-dealkylation sites (tertiary alicyclic amines) is 1. The predicted octanol–water partition coefficient (Wildman–Crippen LogP) is 1.59. The zero-order valence-corrected chi connectivity index (χ0v) is 13.8. The van der Waals surface area contributed by atoms with E-state index in [9.17, 15) is 4.79 Å². The van der Waals surface area contributed by atoms with Crippen LogP contribution in [0, 0.1) is 6.92 Å². The van der Waals surface area contributed by atoms with E-state index < -0.39 is 0 Å². The van der Waals surface area contributed by atoms with E-state index in [0.29, 0.717) is 12.5 Å². The van der Waals surface area contributed by atoms with Crippen LogP contribution in [0.4, 0.5) is 11.6 Å². The molecule has 0 bridgehead atoms. The summed E-state index contributed by atoms with van der Waals surface area (Å²) >= 11 is 0. The van der Waals surface area contributed by atoms with E-state index >= 15 is 0 Å². The van der Waals surface area contributed by atoms with Gasteiger partial charge in [0.25, 0.3) is 0 Å². The first-order chi connectivity index (χ1) is 11.6. The molecule has 0 saturated carbocycles. The summed E-state index contributed by atoms with van der Waals surface area (Å²) < 4.78 is 0. The van der Waals surface area contributed by atoms with Crippen LogP contribution in [-0.4, -0.2) is 45.4 Å². The molecule has 0 atom stereocenters. The molecule has 1 amide bonds. The zero-order valence-electron chi connectivity index (χ0n) is 13.8. The van der Waals surface area contributed by atoms with Crippen molar-refractivity contribution in [3.63, 3.8) is 0 Å². The summed E-state index contributed by atoms with van der Waals surface area (Å²) in [5, 5.41) is 3.31.